The predicted molar refractivity (Wildman–Crippen MR) is 140 cm³/mol. The number of aromatic nitrogens is 2. The first-order chi connectivity index (χ1) is 15.9. The average molecular weight is 453 g/mol. The summed E-state index contributed by atoms with van der Waals surface area (Å²) in [5.74, 6) is 0.745. The van der Waals surface area contributed by atoms with Crippen molar-refractivity contribution in [2.45, 2.75) is 71.3 Å². The summed E-state index contributed by atoms with van der Waals surface area (Å²) in [6.45, 7) is 9.22. The molecule has 182 valence electrons. The van der Waals surface area contributed by atoms with Crippen molar-refractivity contribution in [1.82, 2.24) is 14.9 Å². The van der Waals surface area contributed by atoms with Gasteiger partial charge in [0.15, 0.2) is 0 Å². The van der Waals surface area contributed by atoms with Crippen molar-refractivity contribution < 1.29 is 5.11 Å². The van der Waals surface area contributed by atoms with Gasteiger partial charge in [-0.2, -0.15) is 0 Å². The third kappa shape index (κ3) is 8.90. The van der Waals surface area contributed by atoms with E-state index in [1.54, 1.807) is 12.4 Å². The lowest BCUT2D eigenvalue weighted by atomic mass is 9.84. The minimum atomic E-state index is -0.772. The molecule has 1 saturated heterocycles. The molecule has 1 aromatic heterocycles. The Labute approximate surface area is 201 Å². The molecule has 1 aliphatic heterocycles. The fourth-order valence-electron chi connectivity index (χ4n) is 4.02. The number of unbranched alkanes of at least 4 members (excludes halogenated alkanes) is 2. The molecule has 1 aromatic carbocycles. The maximum absolute atomic E-state index is 11.2. The molecule has 1 aliphatic rings. The highest BCUT2D eigenvalue weighted by molar-refractivity contribution is 5.53. The normalized spacial score (nSPS) is 15.8. The van der Waals surface area contributed by atoms with Gasteiger partial charge in [-0.3, -0.25) is 0 Å². The van der Waals surface area contributed by atoms with Crippen molar-refractivity contribution in [2.24, 2.45) is 0 Å². The molecule has 0 amide bonds. The lowest BCUT2D eigenvalue weighted by molar-refractivity contribution is 0.0115. The van der Waals surface area contributed by atoms with Crippen molar-refractivity contribution in [3.8, 4) is 0 Å². The minimum Gasteiger partial charge on any atom is -0.385 e. The monoisotopic (exact) mass is 452 g/mol. The van der Waals surface area contributed by atoms with E-state index in [0.717, 1.165) is 44.0 Å². The number of rotatable bonds is 9. The Morgan fingerprint density at radius 2 is 1.64 bits per heavy atom. The van der Waals surface area contributed by atoms with Crippen molar-refractivity contribution >= 4 is 12.0 Å². The molecule has 0 saturated carbocycles. The van der Waals surface area contributed by atoms with Gasteiger partial charge in [0.1, 0.15) is 0 Å². The van der Waals surface area contributed by atoms with E-state index in [0.29, 0.717) is 12.8 Å². The number of piperidine rings is 1. The lowest BCUT2D eigenvalue weighted by Gasteiger charge is -2.38. The van der Waals surface area contributed by atoms with E-state index < -0.39 is 5.60 Å². The first-order valence-electron chi connectivity index (χ1n) is 12.6. The van der Waals surface area contributed by atoms with Gasteiger partial charge in [0.25, 0.3) is 0 Å². The standard InChI is InChI=1S/C23H32N4O.C5H12/c1-4-19(10-15-26(2)3)18-20-6-8-21(9-7-20)23(28)11-16-27(17-12-23)22-24-13-5-14-25-22;1-3-5-4-2/h5-9,13-14,18,28H,4,10-12,15-17H2,1-3H3;3-5H2,1-2H3/b19-18+;. The largest absolute Gasteiger partial charge is 0.385 e. The Hall–Kier alpha value is -2.24. The van der Waals surface area contributed by atoms with E-state index in [4.69, 9.17) is 0 Å². The zero-order valence-corrected chi connectivity index (χ0v) is 21.4. The van der Waals surface area contributed by atoms with Crippen molar-refractivity contribution in [1.29, 1.82) is 0 Å². The molecule has 2 heterocycles. The summed E-state index contributed by atoms with van der Waals surface area (Å²) in [6, 6.07) is 10.3. The highest BCUT2D eigenvalue weighted by Gasteiger charge is 2.34. The fourth-order valence-corrected chi connectivity index (χ4v) is 4.02. The van der Waals surface area contributed by atoms with Crippen LogP contribution in [0.1, 0.15) is 76.8 Å². The molecule has 1 N–H and O–H groups in total. The highest BCUT2D eigenvalue weighted by atomic mass is 16.3. The SMILES string of the molecule is CC/C(=C\c1ccc(C2(O)CCN(c3ncccn3)CC2)cc1)CCN(C)C.CCCCC. The summed E-state index contributed by atoms with van der Waals surface area (Å²) in [4.78, 5) is 13.0. The third-order valence-electron chi connectivity index (χ3n) is 6.29. The van der Waals surface area contributed by atoms with Crippen LogP contribution in [0.2, 0.25) is 0 Å². The topological polar surface area (TPSA) is 52.5 Å². The fraction of sp³-hybridized carbons (Fsp3) is 0.571. The van der Waals surface area contributed by atoms with Gasteiger partial charge in [-0.05, 0) is 57.0 Å². The number of aliphatic hydroxyl groups is 1. The van der Waals surface area contributed by atoms with E-state index in [9.17, 15) is 5.11 Å². The van der Waals surface area contributed by atoms with Gasteiger partial charge in [-0.1, -0.05) is 75.9 Å². The molecule has 0 bridgehead atoms. The van der Waals surface area contributed by atoms with Crippen LogP contribution in [0.5, 0.6) is 0 Å². The molecule has 0 radical (unpaired) electrons. The van der Waals surface area contributed by atoms with Gasteiger partial charge in [-0.15, -0.1) is 0 Å². The average Bonchev–Trinajstić information content (AvgIpc) is 2.84. The number of hydrogen-bond donors (Lipinski definition) is 1. The Balaban J connectivity index is 0.000000696. The van der Waals surface area contributed by atoms with Crippen LogP contribution in [0, 0.1) is 0 Å². The summed E-state index contributed by atoms with van der Waals surface area (Å²) in [6.07, 6.45) is 13.4. The van der Waals surface area contributed by atoms with Gasteiger partial charge in [-0.25, -0.2) is 9.97 Å². The summed E-state index contributed by atoms with van der Waals surface area (Å²) in [5, 5.41) is 11.2. The van der Waals surface area contributed by atoms with Crippen LogP contribution in [0.4, 0.5) is 5.95 Å². The Morgan fingerprint density at radius 3 is 2.12 bits per heavy atom. The molecule has 0 atom stereocenters. The maximum atomic E-state index is 11.2. The van der Waals surface area contributed by atoms with E-state index in [1.165, 1.54) is 30.4 Å². The Morgan fingerprint density at radius 1 is 1.03 bits per heavy atom. The van der Waals surface area contributed by atoms with E-state index in [1.807, 2.05) is 6.07 Å². The van der Waals surface area contributed by atoms with Gasteiger partial charge in [0, 0.05) is 32.0 Å². The first-order valence-corrected chi connectivity index (χ1v) is 12.6. The van der Waals surface area contributed by atoms with Crippen LogP contribution < -0.4 is 4.90 Å². The molecule has 33 heavy (non-hydrogen) atoms. The van der Waals surface area contributed by atoms with Gasteiger partial charge >= 0.3 is 0 Å². The molecule has 5 heteroatoms. The molecule has 3 rings (SSSR count). The van der Waals surface area contributed by atoms with Crippen molar-refractivity contribution in [3.63, 3.8) is 0 Å². The van der Waals surface area contributed by atoms with Crippen LogP contribution >= 0.6 is 0 Å². The molecule has 5 nitrogen and oxygen atoms in total. The molecule has 0 spiro atoms. The van der Waals surface area contributed by atoms with Gasteiger partial charge < -0.3 is 14.9 Å². The quantitative estimate of drug-likeness (QED) is 0.513. The van der Waals surface area contributed by atoms with Crippen LogP contribution in [0.25, 0.3) is 6.08 Å². The number of anilines is 1. The van der Waals surface area contributed by atoms with Crippen molar-refractivity contribution in [2.75, 3.05) is 38.6 Å². The molecule has 1 fully saturated rings. The minimum absolute atomic E-state index is 0.684. The summed E-state index contributed by atoms with van der Waals surface area (Å²) >= 11 is 0. The second kappa shape index (κ2) is 14.1. The van der Waals surface area contributed by atoms with Crippen LogP contribution in [0.3, 0.4) is 0 Å². The number of nitrogens with zero attached hydrogens (tertiary/aromatic N) is 4. The smallest absolute Gasteiger partial charge is 0.225 e. The molecule has 0 aliphatic carbocycles. The second-order valence-corrected chi connectivity index (χ2v) is 9.25. The lowest BCUT2D eigenvalue weighted by Crippen LogP contribution is -2.43. The third-order valence-corrected chi connectivity index (χ3v) is 6.29. The molecular formula is C28H44N4O. The highest BCUT2D eigenvalue weighted by Crippen LogP contribution is 2.34. The number of hydrogen-bond acceptors (Lipinski definition) is 5. The Bertz CT molecular complexity index is 808. The zero-order valence-electron chi connectivity index (χ0n) is 21.4. The Kier molecular flexibility index (Phi) is 11.6. The van der Waals surface area contributed by atoms with Gasteiger partial charge in [0.2, 0.25) is 5.95 Å². The van der Waals surface area contributed by atoms with Gasteiger partial charge in [0.05, 0.1) is 5.60 Å². The molecule has 2 aromatic rings. The van der Waals surface area contributed by atoms with Crippen LogP contribution in [0.15, 0.2) is 48.3 Å². The molecular weight excluding hydrogens is 408 g/mol. The van der Waals surface area contributed by atoms with Crippen LogP contribution in [-0.4, -0.2) is 53.7 Å². The summed E-state index contributed by atoms with van der Waals surface area (Å²) in [7, 11) is 4.22. The summed E-state index contributed by atoms with van der Waals surface area (Å²) < 4.78 is 0. The first kappa shape index (κ1) is 27.0. The second-order valence-electron chi connectivity index (χ2n) is 9.25. The van der Waals surface area contributed by atoms with E-state index >= 15 is 0 Å². The van der Waals surface area contributed by atoms with E-state index in [-0.39, 0.29) is 0 Å². The zero-order chi connectivity index (χ0) is 24.1. The van der Waals surface area contributed by atoms with E-state index in [2.05, 4.69) is 85.0 Å². The number of benzene rings is 1. The maximum Gasteiger partial charge on any atom is 0.225 e. The summed E-state index contributed by atoms with van der Waals surface area (Å²) in [5.41, 5.74) is 2.89. The predicted octanol–water partition coefficient (Wildman–Crippen LogP) is 5.91. The van der Waals surface area contributed by atoms with Crippen molar-refractivity contribution in [3.05, 3.63) is 59.4 Å². The molecule has 0 unspecified atom stereocenters. The van der Waals surface area contributed by atoms with Crippen LogP contribution in [-0.2, 0) is 5.60 Å².